The van der Waals surface area contributed by atoms with Gasteiger partial charge in [-0.2, -0.15) is 0 Å². The number of phenolic OH excluding ortho intramolecular Hbond substituents is 1. The minimum absolute atomic E-state index is 0.0744. The highest BCUT2D eigenvalue weighted by molar-refractivity contribution is 6.12. The van der Waals surface area contributed by atoms with Crippen molar-refractivity contribution < 1.29 is 28.6 Å². The number of aromatic nitrogens is 2. The molecule has 1 atom stereocenters. The fraction of sp³-hybridized carbons (Fsp3) is 0.341. The number of halogens is 1. The second kappa shape index (κ2) is 15.9. The number of ether oxygens (including phenoxy) is 2. The number of likely N-dealkylation sites (N-methyl/N-ethyl adjacent to an activating group) is 1. The van der Waals surface area contributed by atoms with E-state index >= 15 is 9.18 Å². The average molecular weight is 759 g/mol. The molecule has 5 heterocycles. The van der Waals surface area contributed by atoms with E-state index in [1.807, 2.05) is 41.8 Å². The SMILES string of the molecule is COCCc1c(C(=O)N(c2ccc(O)cc2)c2cnc3c(c2)CCN3C)cc(-c2cc(F)ccc2C(=O)N2Cc3ccccc3C[C@H]2CN2CCOCC2)n1C. The molecule has 2 amide bonds. The predicted octanol–water partition coefficient (Wildman–Crippen LogP) is 5.99. The number of aromatic hydroxyl groups is 1. The molecule has 12 heteroatoms. The van der Waals surface area contributed by atoms with E-state index in [-0.39, 0.29) is 23.6 Å². The van der Waals surface area contributed by atoms with Gasteiger partial charge in [0.05, 0.1) is 37.3 Å². The van der Waals surface area contributed by atoms with E-state index in [1.165, 1.54) is 17.7 Å². The fourth-order valence-corrected chi connectivity index (χ4v) is 8.37. The summed E-state index contributed by atoms with van der Waals surface area (Å²) in [5.41, 5.74) is 6.82. The molecule has 8 rings (SSSR count). The summed E-state index contributed by atoms with van der Waals surface area (Å²) in [5.74, 6) is -0.0649. The number of benzene rings is 3. The predicted molar refractivity (Wildman–Crippen MR) is 213 cm³/mol. The van der Waals surface area contributed by atoms with Gasteiger partial charge in [-0.15, -0.1) is 0 Å². The maximum Gasteiger partial charge on any atom is 0.264 e. The van der Waals surface area contributed by atoms with E-state index < -0.39 is 5.82 Å². The standard InChI is InChI=1S/C44H47FN6O5/c1-47-16-14-30-23-34(26-46-42(30)47)51(33-9-11-36(52)12-10-33)44(54)39-25-41(48(2)40(39)15-19-55-3)38-24-32(45)8-13-37(38)43(53)50-27-31-7-5-4-6-29(31)22-35(50)28-49-17-20-56-21-18-49/h4-13,23-26,35,52H,14-22,27-28H2,1-3H3/t35-/m0/s1. The molecule has 3 aromatic carbocycles. The Bertz CT molecular complexity index is 2250. The number of rotatable bonds is 10. The molecule has 3 aliphatic heterocycles. The van der Waals surface area contributed by atoms with Crippen molar-refractivity contribution in [3.8, 4) is 17.0 Å². The third-order valence-electron chi connectivity index (χ3n) is 11.4. The van der Waals surface area contributed by atoms with Crippen LogP contribution >= 0.6 is 0 Å². The molecule has 0 aliphatic carbocycles. The van der Waals surface area contributed by atoms with Crippen LogP contribution in [0, 0.1) is 5.82 Å². The summed E-state index contributed by atoms with van der Waals surface area (Å²) in [6.45, 7) is 5.20. The van der Waals surface area contributed by atoms with E-state index in [0.29, 0.717) is 85.2 Å². The van der Waals surface area contributed by atoms with Gasteiger partial charge in [0.1, 0.15) is 17.4 Å². The zero-order valence-electron chi connectivity index (χ0n) is 32.1. The van der Waals surface area contributed by atoms with Gasteiger partial charge in [0.25, 0.3) is 11.8 Å². The fourth-order valence-electron chi connectivity index (χ4n) is 8.37. The van der Waals surface area contributed by atoms with Crippen molar-refractivity contribution in [1.82, 2.24) is 19.4 Å². The Balaban J connectivity index is 1.21. The maximum absolute atomic E-state index is 15.4. The van der Waals surface area contributed by atoms with Gasteiger partial charge in [0, 0.05) is 94.6 Å². The number of fused-ring (bicyclic) bond motifs is 2. The largest absolute Gasteiger partial charge is 0.508 e. The lowest BCUT2D eigenvalue weighted by atomic mass is 9.92. The number of anilines is 3. The summed E-state index contributed by atoms with van der Waals surface area (Å²) < 4.78 is 28.4. The third kappa shape index (κ3) is 7.27. The van der Waals surface area contributed by atoms with Crippen LogP contribution in [0.25, 0.3) is 11.3 Å². The van der Waals surface area contributed by atoms with Crippen LogP contribution in [0.15, 0.2) is 85.1 Å². The van der Waals surface area contributed by atoms with Gasteiger partial charge in [-0.3, -0.25) is 19.4 Å². The van der Waals surface area contributed by atoms with Crippen molar-refractivity contribution in [2.45, 2.75) is 31.8 Å². The van der Waals surface area contributed by atoms with E-state index in [9.17, 15) is 9.90 Å². The van der Waals surface area contributed by atoms with Crippen molar-refractivity contribution >= 4 is 29.0 Å². The number of hydrogen-bond acceptors (Lipinski definition) is 8. The Labute approximate surface area is 326 Å². The Morgan fingerprint density at radius 3 is 2.46 bits per heavy atom. The molecule has 1 saturated heterocycles. The van der Waals surface area contributed by atoms with Gasteiger partial charge in [0.2, 0.25) is 0 Å². The molecule has 56 heavy (non-hydrogen) atoms. The van der Waals surface area contributed by atoms with E-state index in [4.69, 9.17) is 14.5 Å². The minimum atomic E-state index is -0.488. The van der Waals surface area contributed by atoms with Gasteiger partial charge in [-0.25, -0.2) is 9.37 Å². The van der Waals surface area contributed by atoms with Crippen LogP contribution in [0.1, 0.15) is 43.1 Å². The summed E-state index contributed by atoms with van der Waals surface area (Å²) in [6.07, 6.45) is 3.58. The first-order valence-corrected chi connectivity index (χ1v) is 19.2. The molecule has 3 aliphatic rings. The van der Waals surface area contributed by atoms with Crippen LogP contribution in [-0.4, -0.2) is 102 Å². The zero-order valence-corrected chi connectivity index (χ0v) is 32.1. The number of hydrogen-bond donors (Lipinski definition) is 1. The molecule has 2 aromatic heterocycles. The van der Waals surface area contributed by atoms with Crippen molar-refractivity contribution in [2.75, 3.05) is 70.0 Å². The first-order chi connectivity index (χ1) is 27.2. The first-order valence-electron chi connectivity index (χ1n) is 19.2. The first kappa shape index (κ1) is 37.4. The van der Waals surface area contributed by atoms with E-state index in [2.05, 4.69) is 21.9 Å². The molecule has 0 spiro atoms. The Kier molecular flexibility index (Phi) is 10.6. The monoisotopic (exact) mass is 758 g/mol. The average Bonchev–Trinajstić information content (AvgIpc) is 3.75. The van der Waals surface area contributed by atoms with E-state index in [0.717, 1.165) is 43.0 Å². The number of amides is 2. The third-order valence-corrected chi connectivity index (χ3v) is 11.4. The molecule has 5 aromatic rings. The molecular formula is C44H47FN6O5. The molecule has 11 nitrogen and oxygen atoms in total. The van der Waals surface area contributed by atoms with Crippen LogP contribution in [0.5, 0.6) is 5.75 Å². The van der Waals surface area contributed by atoms with Crippen molar-refractivity contribution in [2.24, 2.45) is 7.05 Å². The second-order valence-electron chi connectivity index (χ2n) is 14.9. The molecule has 0 unspecified atom stereocenters. The van der Waals surface area contributed by atoms with Gasteiger partial charge >= 0.3 is 0 Å². The lowest BCUT2D eigenvalue weighted by Crippen LogP contribution is -2.52. The number of phenols is 1. The van der Waals surface area contributed by atoms with Crippen molar-refractivity contribution in [3.63, 3.8) is 0 Å². The summed E-state index contributed by atoms with van der Waals surface area (Å²) >= 11 is 0. The highest BCUT2D eigenvalue weighted by atomic mass is 19.1. The van der Waals surface area contributed by atoms with Gasteiger partial charge in [-0.1, -0.05) is 24.3 Å². The van der Waals surface area contributed by atoms with E-state index in [1.54, 1.807) is 54.6 Å². The van der Waals surface area contributed by atoms with Crippen LogP contribution in [0.4, 0.5) is 21.6 Å². The maximum atomic E-state index is 15.4. The highest BCUT2D eigenvalue weighted by Gasteiger charge is 2.35. The van der Waals surface area contributed by atoms with Crippen molar-refractivity contribution in [3.05, 3.63) is 124 Å². The van der Waals surface area contributed by atoms with Gasteiger partial charge < -0.3 is 28.9 Å². The van der Waals surface area contributed by atoms with Crippen molar-refractivity contribution in [1.29, 1.82) is 0 Å². The smallest absolute Gasteiger partial charge is 0.264 e. The van der Waals surface area contributed by atoms with Crippen LogP contribution in [-0.2, 0) is 42.3 Å². The molecule has 0 radical (unpaired) electrons. The quantitative estimate of drug-likeness (QED) is 0.186. The van der Waals surface area contributed by atoms with Crippen LogP contribution in [0.3, 0.4) is 0 Å². The van der Waals surface area contributed by atoms with Crippen LogP contribution < -0.4 is 9.80 Å². The molecule has 0 saturated carbocycles. The Hall–Kier alpha value is -5.56. The topological polar surface area (TPSA) is 104 Å². The number of morpholine rings is 1. The van der Waals surface area contributed by atoms with Crippen LogP contribution in [0.2, 0.25) is 0 Å². The molecule has 290 valence electrons. The Morgan fingerprint density at radius 2 is 1.70 bits per heavy atom. The Morgan fingerprint density at radius 1 is 0.929 bits per heavy atom. The number of pyridine rings is 1. The molecular weight excluding hydrogens is 712 g/mol. The van der Waals surface area contributed by atoms with Gasteiger partial charge in [-0.05, 0) is 84.1 Å². The van der Waals surface area contributed by atoms with Gasteiger partial charge in [0.15, 0.2) is 0 Å². The second-order valence-corrected chi connectivity index (χ2v) is 14.9. The number of carbonyl (C=O) groups is 2. The highest BCUT2D eigenvalue weighted by Crippen LogP contribution is 2.37. The molecule has 1 N–H and O–H groups in total. The summed E-state index contributed by atoms with van der Waals surface area (Å²) in [7, 11) is 5.44. The zero-order chi connectivity index (χ0) is 38.9. The molecule has 1 fully saturated rings. The number of nitrogens with zero attached hydrogens (tertiary/aromatic N) is 6. The lowest BCUT2D eigenvalue weighted by molar-refractivity contribution is 0.0193. The number of methoxy groups -OCH3 is 1. The summed E-state index contributed by atoms with van der Waals surface area (Å²) in [6, 6.07) is 22.7. The lowest BCUT2D eigenvalue weighted by Gasteiger charge is -2.40. The summed E-state index contributed by atoms with van der Waals surface area (Å²) in [5, 5.41) is 10.2. The molecule has 0 bridgehead atoms. The summed E-state index contributed by atoms with van der Waals surface area (Å²) in [4.78, 5) is 42.7. The normalized spacial score (nSPS) is 16.8. The number of carbonyl (C=O) groups excluding carboxylic acids is 2. The minimum Gasteiger partial charge on any atom is -0.508 e.